The summed E-state index contributed by atoms with van der Waals surface area (Å²) in [5, 5.41) is 6.05. The van der Waals surface area contributed by atoms with Crippen molar-refractivity contribution in [2.45, 2.75) is 13.8 Å². The van der Waals surface area contributed by atoms with Crippen LogP contribution < -0.4 is 5.32 Å². The van der Waals surface area contributed by atoms with E-state index >= 15 is 0 Å². The summed E-state index contributed by atoms with van der Waals surface area (Å²) >= 11 is 10.9. The Morgan fingerprint density at radius 3 is 3.00 bits per heavy atom. The van der Waals surface area contributed by atoms with Gasteiger partial charge in [0.05, 0.1) is 12.3 Å². The van der Waals surface area contributed by atoms with Gasteiger partial charge in [0.2, 0.25) is 0 Å². The molecular weight excluding hydrogens is 364 g/mol. The number of carbonyl (C=O) groups is 1. The van der Waals surface area contributed by atoms with Crippen LogP contribution in [-0.4, -0.2) is 17.6 Å². The number of benzene rings is 1. The van der Waals surface area contributed by atoms with Crippen molar-refractivity contribution in [3.05, 3.63) is 38.3 Å². The van der Waals surface area contributed by atoms with E-state index in [1.165, 1.54) is 11.3 Å². The molecule has 0 bridgehead atoms. The van der Waals surface area contributed by atoms with Gasteiger partial charge < -0.3 is 10.1 Å². The van der Waals surface area contributed by atoms with Gasteiger partial charge in [0.25, 0.3) is 0 Å². The van der Waals surface area contributed by atoms with Crippen molar-refractivity contribution >= 4 is 55.7 Å². The monoisotopic (exact) mass is 374 g/mol. The third-order valence-electron chi connectivity index (χ3n) is 2.48. The Kier molecular flexibility index (Phi) is 5.01. The van der Waals surface area contributed by atoms with Gasteiger partial charge >= 0.3 is 5.97 Å². The molecule has 0 unspecified atom stereocenters. The Balaban J connectivity index is 2.19. The van der Waals surface area contributed by atoms with Gasteiger partial charge in [-0.25, -0.2) is 9.78 Å². The maximum atomic E-state index is 11.5. The lowest BCUT2D eigenvalue weighted by atomic mass is 10.2. The molecule has 1 N–H and O–H groups in total. The predicted octanol–water partition coefficient (Wildman–Crippen LogP) is 4.79. The molecule has 0 spiro atoms. The summed E-state index contributed by atoms with van der Waals surface area (Å²) in [6.07, 6.45) is 0. The molecule has 1 heterocycles. The summed E-state index contributed by atoms with van der Waals surface area (Å²) in [4.78, 5) is 15.7. The number of nitrogens with zero attached hydrogens (tertiary/aromatic N) is 1. The number of aromatic nitrogens is 1. The Labute approximate surface area is 134 Å². The highest BCUT2D eigenvalue weighted by molar-refractivity contribution is 9.10. The number of halogens is 2. The third kappa shape index (κ3) is 3.50. The highest BCUT2D eigenvalue weighted by Gasteiger charge is 2.12. The molecule has 1 aromatic carbocycles. The zero-order chi connectivity index (χ0) is 14.7. The van der Waals surface area contributed by atoms with E-state index in [2.05, 4.69) is 26.2 Å². The summed E-state index contributed by atoms with van der Waals surface area (Å²) in [6.45, 7) is 4.02. The van der Waals surface area contributed by atoms with Gasteiger partial charge in [0.15, 0.2) is 10.8 Å². The lowest BCUT2D eigenvalue weighted by Gasteiger charge is -2.08. The van der Waals surface area contributed by atoms with Crippen molar-refractivity contribution in [2.75, 3.05) is 11.9 Å². The average Bonchev–Trinajstić information content (AvgIpc) is 2.85. The third-order valence-corrected chi connectivity index (χ3v) is 4.30. The molecule has 0 amide bonds. The van der Waals surface area contributed by atoms with Gasteiger partial charge in [-0.1, -0.05) is 11.6 Å². The molecule has 0 fully saturated rings. The predicted molar refractivity (Wildman–Crippen MR) is 85.2 cm³/mol. The van der Waals surface area contributed by atoms with Crippen LogP contribution in [0.4, 0.5) is 10.8 Å². The molecular formula is C13H12BrClN2O2S. The highest BCUT2D eigenvalue weighted by Crippen LogP contribution is 2.32. The summed E-state index contributed by atoms with van der Waals surface area (Å²) in [5.74, 6) is -0.419. The molecule has 0 saturated heterocycles. The number of aryl methyl sites for hydroxylation is 1. The fourth-order valence-corrected chi connectivity index (χ4v) is 2.90. The molecule has 0 aliphatic rings. The number of rotatable bonds is 4. The van der Waals surface area contributed by atoms with Crippen LogP contribution in [0, 0.1) is 6.92 Å². The molecule has 0 radical (unpaired) electrons. The summed E-state index contributed by atoms with van der Waals surface area (Å²) in [6, 6.07) is 3.73. The molecule has 4 nitrogen and oxygen atoms in total. The number of hydrogen-bond donors (Lipinski definition) is 1. The first-order chi connectivity index (χ1) is 9.51. The first-order valence-corrected chi connectivity index (χ1v) is 7.91. The Morgan fingerprint density at radius 1 is 1.55 bits per heavy atom. The fourth-order valence-electron chi connectivity index (χ4n) is 1.49. The second-order valence-corrected chi connectivity index (χ2v) is 6.08. The van der Waals surface area contributed by atoms with Gasteiger partial charge in [-0.3, -0.25) is 0 Å². The van der Waals surface area contributed by atoms with Gasteiger partial charge in [-0.05, 0) is 47.5 Å². The van der Waals surface area contributed by atoms with Crippen molar-refractivity contribution in [3.8, 4) is 0 Å². The van der Waals surface area contributed by atoms with Crippen LogP contribution in [0.5, 0.6) is 0 Å². The quantitative estimate of drug-likeness (QED) is 0.781. The van der Waals surface area contributed by atoms with Crippen LogP contribution in [0.15, 0.2) is 22.0 Å². The maximum absolute atomic E-state index is 11.5. The highest BCUT2D eigenvalue weighted by atomic mass is 79.9. The van der Waals surface area contributed by atoms with Crippen molar-refractivity contribution in [3.63, 3.8) is 0 Å². The van der Waals surface area contributed by atoms with Gasteiger partial charge in [-0.15, -0.1) is 11.3 Å². The van der Waals surface area contributed by atoms with Crippen molar-refractivity contribution in [2.24, 2.45) is 0 Å². The van der Waals surface area contributed by atoms with Crippen LogP contribution in [0.2, 0.25) is 5.02 Å². The van der Waals surface area contributed by atoms with E-state index in [0.717, 1.165) is 15.7 Å². The van der Waals surface area contributed by atoms with E-state index < -0.39 is 5.97 Å². The minimum absolute atomic E-state index is 0.300. The molecule has 0 aliphatic carbocycles. The average molecular weight is 376 g/mol. The lowest BCUT2D eigenvalue weighted by molar-refractivity contribution is 0.0520. The Bertz CT molecular complexity index is 645. The Morgan fingerprint density at radius 2 is 2.30 bits per heavy atom. The first kappa shape index (κ1) is 15.3. The smallest absolute Gasteiger partial charge is 0.357 e. The van der Waals surface area contributed by atoms with Gasteiger partial charge in [-0.2, -0.15) is 0 Å². The SMILES string of the molecule is CCOC(=O)c1csc(Nc2cc(Cl)c(C)cc2Br)n1. The minimum atomic E-state index is -0.419. The number of anilines is 2. The number of thiazole rings is 1. The summed E-state index contributed by atoms with van der Waals surface area (Å²) < 4.78 is 5.78. The van der Waals surface area contributed by atoms with Crippen molar-refractivity contribution < 1.29 is 9.53 Å². The lowest BCUT2D eigenvalue weighted by Crippen LogP contribution is -2.05. The number of carbonyl (C=O) groups excluding carboxylic acids is 1. The second kappa shape index (κ2) is 6.56. The van der Waals surface area contributed by atoms with Crippen LogP contribution in [0.3, 0.4) is 0 Å². The first-order valence-electron chi connectivity index (χ1n) is 5.86. The maximum Gasteiger partial charge on any atom is 0.357 e. The number of hydrogen-bond acceptors (Lipinski definition) is 5. The molecule has 0 atom stereocenters. The fraction of sp³-hybridized carbons (Fsp3) is 0.231. The van der Waals surface area contributed by atoms with E-state index in [1.54, 1.807) is 12.3 Å². The molecule has 106 valence electrons. The molecule has 0 aliphatic heterocycles. The summed E-state index contributed by atoms with van der Waals surface area (Å²) in [5.41, 5.74) is 2.08. The minimum Gasteiger partial charge on any atom is -0.461 e. The van der Waals surface area contributed by atoms with Gasteiger partial charge in [0.1, 0.15) is 0 Å². The Hall–Kier alpha value is -1.11. The molecule has 7 heteroatoms. The topological polar surface area (TPSA) is 51.2 Å². The van der Waals surface area contributed by atoms with Crippen LogP contribution in [-0.2, 0) is 4.74 Å². The molecule has 0 saturated carbocycles. The zero-order valence-corrected chi connectivity index (χ0v) is 14.0. The number of ether oxygens (including phenoxy) is 1. The number of esters is 1. The molecule has 2 aromatic rings. The molecule has 1 aromatic heterocycles. The van der Waals surface area contributed by atoms with Crippen molar-refractivity contribution in [1.29, 1.82) is 0 Å². The van der Waals surface area contributed by atoms with Crippen LogP contribution in [0.1, 0.15) is 23.0 Å². The molecule has 2 rings (SSSR count). The van der Waals surface area contributed by atoms with Crippen molar-refractivity contribution in [1.82, 2.24) is 4.98 Å². The van der Waals surface area contributed by atoms with E-state index in [-0.39, 0.29) is 0 Å². The van der Waals surface area contributed by atoms with E-state index in [1.807, 2.05) is 19.1 Å². The van der Waals surface area contributed by atoms with E-state index in [4.69, 9.17) is 16.3 Å². The van der Waals surface area contributed by atoms with E-state index in [0.29, 0.717) is 22.5 Å². The second-order valence-electron chi connectivity index (χ2n) is 3.96. The van der Waals surface area contributed by atoms with Crippen LogP contribution >= 0.6 is 38.9 Å². The van der Waals surface area contributed by atoms with Crippen LogP contribution in [0.25, 0.3) is 0 Å². The number of nitrogens with one attached hydrogen (secondary N) is 1. The standard InChI is InChI=1S/C13H12BrClN2O2S/c1-3-19-12(18)11-6-20-13(17-11)16-10-5-9(15)7(2)4-8(10)14/h4-6H,3H2,1-2H3,(H,16,17). The summed E-state index contributed by atoms with van der Waals surface area (Å²) in [7, 11) is 0. The van der Waals surface area contributed by atoms with Gasteiger partial charge in [0, 0.05) is 14.9 Å². The largest absolute Gasteiger partial charge is 0.461 e. The van der Waals surface area contributed by atoms with E-state index in [9.17, 15) is 4.79 Å². The zero-order valence-electron chi connectivity index (χ0n) is 10.9. The normalized spacial score (nSPS) is 10.4. The molecule has 20 heavy (non-hydrogen) atoms.